The second-order valence-electron chi connectivity index (χ2n) is 2.45. The number of nitrogens with one attached hydrogen (secondary N) is 1. The van der Waals surface area contributed by atoms with E-state index in [0.717, 1.165) is 0 Å². The molecule has 0 aromatic rings. The third-order valence-electron chi connectivity index (χ3n) is 1.45. The molecule has 0 saturated carbocycles. The van der Waals surface area contributed by atoms with Crippen molar-refractivity contribution in [1.29, 1.82) is 0 Å². The SMILES string of the molecule is COC[C@H]1CNS(=O)(=O)C1. The average molecular weight is 165 g/mol. The highest BCUT2D eigenvalue weighted by Crippen LogP contribution is 2.07. The number of methoxy groups -OCH3 is 1. The maximum absolute atomic E-state index is 10.7. The summed E-state index contributed by atoms with van der Waals surface area (Å²) in [6.45, 7) is 1.04. The van der Waals surface area contributed by atoms with E-state index in [1.165, 1.54) is 0 Å². The maximum atomic E-state index is 10.7. The van der Waals surface area contributed by atoms with Crippen LogP contribution in [0.1, 0.15) is 0 Å². The van der Waals surface area contributed by atoms with Crippen molar-refractivity contribution in [2.75, 3.05) is 26.0 Å². The molecule has 1 aliphatic rings. The van der Waals surface area contributed by atoms with Gasteiger partial charge in [0, 0.05) is 19.6 Å². The number of rotatable bonds is 2. The van der Waals surface area contributed by atoms with Crippen molar-refractivity contribution in [3.05, 3.63) is 0 Å². The molecule has 1 N–H and O–H groups in total. The van der Waals surface area contributed by atoms with Crippen molar-refractivity contribution in [2.45, 2.75) is 0 Å². The smallest absolute Gasteiger partial charge is 0.212 e. The lowest BCUT2D eigenvalue weighted by Crippen LogP contribution is -2.15. The zero-order chi connectivity index (χ0) is 7.61. The lowest BCUT2D eigenvalue weighted by molar-refractivity contribution is 0.165. The summed E-state index contributed by atoms with van der Waals surface area (Å²) >= 11 is 0. The Labute approximate surface area is 60.6 Å². The molecule has 0 radical (unpaired) electrons. The zero-order valence-electron chi connectivity index (χ0n) is 5.83. The second kappa shape index (κ2) is 2.86. The maximum Gasteiger partial charge on any atom is 0.212 e. The molecule has 1 fully saturated rings. The first kappa shape index (κ1) is 7.97. The Morgan fingerprint density at radius 3 is 2.80 bits per heavy atom. The third kappa shape index (κ3) is 1.93. The largest absolute Gasteiger partial charge is 0.384 e. The van der Waals surface area contributed by atoms with E-state index in [9.17, 15) is 8.42 Å². The third-order valence-corrected chi connectivity index (χ3v) is 2.97. The van der Waals surface area contributed by atoms with Crippen molar-refractivity contribution in [3.8, 4) is 0 Å². The van der Waals surface area contributed by atoms with Crippen molar-refractivity contribution in [3.63, 3.8) is 0 Å². The van der Waals surface area contributed by atoms with Crippen LogP contribution in [0.2, 0.25) is 0 Å². The Hall–Kier alpha value is -0.130. The van der Waals surface area contributed by atoms with E-state index in [1.54, 1.807) is 7.11 Å². The summed E-state index contributed by atoms with van der Waals surface area (Å²) in [7, 11) is -1.37. The fraction of sp³-hybridized carbons (Fsp3) is 1.00. The molecule has 5 heteroatoms. The van der Waals surface area contributed by atoms with Gasteiger partial charge < -0.3 is 4.74 Å². The van der Waals surface area contributed by atoms with Gasteiger partial charge in [-0.2, -0.15) is 0 Å². The highest BCUT2D eigenvalue weighted by Gasteiger charge is 2.26. The number of hydrogen-bond acceptors (Lipinski definition) is 3. The molecule has 0 spiro atoms. The topological polar surface area (TPSA) is 55.4 Å². The second-order valence-corrected chi connectivity index (χ2v) is 4.30. The van der Waals surface area contributed by atoms with Crippen LogP contribution in [0.5, 0.6) is 0 Å². The highest BCUT2D eigenvalue weighted by molar-refractivity contribution is 7.89. The van der Waals surface area contributed by atoms with E-state index >= 15 is 0 Å². The van der Waals surface area contributed by atoms with Gasteiger partial charge >= 0.3 is 0 Å². The van der Waals surface area contributed by atoms with Gasteiger partial charge in [-0.25, -0.2) is 13.1 Å². The van der Waals surface area contributed by atoms with E-state index in [4.69, 9.17) is 4.74 Å². The zero-order valence-corrected chi connectivity index (χ0v) is 6.65. The summed E-state index contributed by atoms with van der Waals surface area (Å²) in [5.74, 6) is 0.343. The Kier molecular flexibility index (Phi) is 2.28. The van der Waals surface area contributed by atoms with E-state index in [2.05, 4.69) is 4.72 Å². The fourth-order valence-corrected chi connectivity index (χ4v) is 2.46. The quantitative estimate of drug-likeness (QED) is 0.581. The molecule has 60 valence electrons. The van der Waals surface area contributed by atoms with Gasteiger partial charge in [-0.3, -0.25) is 0 Å². The molecule has 0 aliphatic carbocycles. The fourth-order valence-electron chi connectivity index (χ4n) is 1.02. The van der Waals surface area contributed by atoms with Gasteiger partial charge in [0.15, 0.2) is 0 Å². The van der Waals surface area contributed by atoms with Crippen LogP contribution < -0.4 is 4.72 Å². The molecule has 0 amide bonds. The van der Waals surface area contributed by atoms with Crippen molar-refractivity contribution >= 4 is 10.0 Å². The first-order valence-corrected chi connectivity index (χ1v) is 4.75. The van der Waals surface area contributed by atoms with Crippen molar-refractivity contribution in [1.82, 2.24) is 4.72 Å². The lowest BCUT2D eigenvalue weighted by Gasteiger charge is -2.01. The van der Waals surface area contributed by atoms with Crippen LogP contribution in [0.4, 0.5) is 0 Å². The van der Waals surface area contributed by atoms with Crippen LogP contribution in [-0.4, -0.2) is 34.4 Å². The van der Waals surface area contributed by atoms with Gasteiger partial charge in [0.25, 0.3) is 0 Å². The molecular weight excluding hydrogens is 154 g/mol. The predicted octanol–water partition coefficient (Wildman–Crippen LogP) is -0.818. The monoisotopic (exact) mass is 165 g/mol. The molecule has 0 aromatic heterocycles. The summed E-state index contributed by atoms with van der Waals surface area (Å²) in [6.07, 6.45) is 0. The van der Waals surface area contributed by atoms with E-state index in [1.807, 2.05) is 0 Å². The normalized spacial score (nSPS) is 30.7. The minimum absolute atomic E-state index is 0.134. The molecule has 1 atom stereocenters. The van der Waals surface area contributed by atoms with Gasteiger partial charge in [0.05, 0.1) is 12.4 Å². The first-order valence-electron chi connectivity index (χ1n) is 3.10. The predicted molar refractivity (Wildman–Crippen MR) is 37.2 cm³/mol. The standard InChI is InChI=1S/C5H11NO3S/c1-9-3-5-2-6-10(7,8)4-5/h5-6H,2-4H2,1H3/t5-/m1/s1. The van der Waals surface area contributed by atoms with Crippen LogP contribution in [0, 0.1) is 5.92 Å². The number of hydrogen-bond donors (Lipinski definition) is 1. The van der Waals surface area contributed by atoms with E-state index < -0.39 is 10.0 Å². The Morgan fingerprint density at radius 1 is 1.70 bits per heavy atom. The van der Waals surface area contributed by atoms with Crippen molar-refractivity contribution in [2.24, 2.45) is 5.92 Å². The molecule has 10 heavy (non-hydrogen) atoms. The molecule has 1 aliphatic heterocycles. The van der Waals surface area contributed by atoms with Gasteiger partial charge in [0.1, 0.15) is 0 Å². The summed E-state index contributed by atoms with van der Waals surface area (Å²) in [6, 6.07) is 0. The minimum atomic E-state index is -2.95. The lowest BCUT2D eigenvalue weighted by atomic mass is 10.2. The molecule has 1 saturated heterocycles. The van der Waals surface area contributed by atoms with E-state index in [-0.39, 0.29) is 11.7 Å². The number of sulfonamides is 1. The van der Waals surface area contributed by atoms with E-state index in [0.29, 0.717) is 13.2 Å². The van der Waals surface area contributed by atoms with Gasteiger partial charge in [-0.05, 0) is 0 Å². The summed E-state index contributed by atoms with van der Waals surface area (Å²) in [5, 5.41) is 0. The summed E-state index contributed by atoms with van der Waals surface area (Å²) in [5.41, 5.74) is 0. The highest BCUT2D eigenvalue weighted by atomic mass is 32.2. The van der Waals surface area contributed by atoms with Crippen molar-refractivity contribution < 1.29 is 13.2 Å². The minimum Gasteiger partial charge on any atom is -0.384 e. The van der Waals surface area contributed by atoms with Crippen LogP contribution in [0.3, 0.4) is 0 Å². The average Bonchev–Trinajstić information content (AvgIpc) is 2.12. The van der Waals surface area contributed by atoms with Gasteiger partial charge in [-0.15, -0.1) is 0 Å². The number of ether oxygens (including phenoxy) is 1. The van der Waals surface area contributed by atoms with Crippen LogP contribution in [0.15, 0.2) is 0 Å². The molecular formula is C5H11NO3S. The Morgan fingerprint density at radius 2 is 2.40 bits per heavy atom. The summed E-state index contributed by atoms with van der Waals surface area (Å²) < 4.78 is 28.7. The Bertz CT molecular complexity index is 199. The van der Waals surface area contributed by atoms with Gasteiger partial charge in [-0.1, -0.05) is 0 Å². The van der Waals surface area contributed by atoms with Crippen LogP contribution in [-0.2, 0) is 14.8 Å². The van der Waals surface area contributed by atoms with Gasteiger partial charge in [0.2, 0.25) is 10.0 Å². The van der Waals surface area contributed by atoms with Crippen LogP contribution in [0.25, 0.3) is 0 Å². The van der Waals surface area contributed by atoms with Crippen LogP contribution >= 0.6 is 0 Å². The molecule has 4 nitrogen and oxygen atoms in total. The molecule has 1 heterocycles. The summed E-state index contributed by atoms with van der Waals surface area (Å²) in [4.78, 5) is 0. The molecule has 0 bridgehead atoms. The first-order chi connectivity index (χ1) is 4.64. The molecule has 0 aromatic carbocycles. The molecule has 1 rings (SSSR count). The molecule has 0 unspecified atom stereocenters. The Balaban J connectivity index is 2.44.